The van der Waals surface area contributed by atoms with Crippen LogP contribution in [0.2, 0.25) is 0 Å². The Morgan fingerprint density at radius 3 is 2.76 bits per heavy atom. The number of para-hydroxylation sites is 1. The maximum atomic E-state index is 13.1. The van der Waals surface area contributed by atoms with Gasteiger partial charge in [-0.05, 0) is 56.6 Å². The molecule has 1 amide bonds. The third kappa shape index (κ3) is 3.49. The van der Waals surface area contributed by atoms with Crippen LogP contribution in [0, 0.1) is 12.3 Å². The first-order chi connectivity index (χ1) is 14.1. The molecule has 4 heterocycles. The predicted octanol–water partition coefficient (Wildman–Crippen LogP) is 3.05. The number of hydrogen-bond donors (Lipinski definition) is 1. The number of fused-ring (bicyclic) bond motifs is 1. The number of likely N-dealkylation sites (tertiary alicyclic amines) is 1. The molecule has 0 atom stereocenters. The van der Waals surface area contributed by atoms with Crippen LogP contribution in [-0.4, -0.2) is 46.4 Å². The van der Waals surface area contributed by atoms with Crippen molar-refractivity contribution in [2.45, 2.75) is 26.4 Å². The fourth-order valence-corrected chi connectivity index (χ4v) is 4.50. The van der Waals surface area contributed by atoms with Gasteiger partial charge in [-0.1, -0.05) is 18.2 Å². The van der Waals surface area contributed by atoms with Crippen LogP contribution in [0.1, 0.15) is 34.5 Å². The number of benzene rings is 1. The molecular formula is C23H26N4O2. The lowest BCUT2D eigenvalue weighted by atomic mass is 9.72. The van der Waals surface area contributed by atoms with Crippen LogP contribution in [0.3, 0.4) is 0 Å². The first-order valence-corrected chi connectivity index (χ1v) is 10.3. The largest absolute Gasteiger partial charge is 0.486 e. The normalized spacial score (nSPS) is 18.0. The average molecular weight is 390 g/mol. The predicted molar refractivity (Wildman–Crippen MR) is 111 cm³/mol. The molecule has 2 aliphatic heterocycles. The molecule has 5 rings (SSSR count). The Kier molecular flexibility index (Phi) is 4.51. The van der Waals surface area contributed by atoms with Gasteiger partial charge in [-0.25, -0.2) is 4.98 Å². The van der Waals surface area contributed by atoms with Crippen molar-refractivity contribution < 1.29 is 9.53 Å². The number of imidazole rings is 1. The molecule has 2 saturated heterocycles. The van der Waals surface area contributed by atoms with Crippen LogP contribution in [0.15, 0.2) is 48.8 Å². The van der Waals surface area contributed by atoms with Crippen LogP contribution >= 0.6 is 0 Å². The number of nitrogens with zero attached hydrogens (tertiary/aromatic N) is 3. The van der Waals surface area contributed by atoms with E-state index in [9.17, 15) is 4.79 Å². The van der Waals surface area contributed by atoms with Crippen molar-refractivity contribution in [3.8, 4) is 5.75 Å². The number of carbonyl (C=O) groups is 1. The number of rotatable bonds is 4. The van der Waals surface area contributed by atoms with Crippen molar-refractivity contribution >= 4 is 11.6 Å². The van der Waals surface area contributed by atoms with E-state index in [0.717, 1.165) is 50.4 Å². The SMILES string of the molecule is Cc1ccc2nc(COc3ccccc3C(=O)N3CC4(CCNCC4)C3)cn2c1. The molecular weight excluding hydrogens is 364 g/mol. The number of hydrogen-bond acceptors (Lipinski definition) is 4. The van der Waals surface area contributed by atoms with Crippen LogP contribution in [-0.2, 0) is 6.61 Å². The van der Waals surface area contributed by atoms with E-state index in [4.69, 9.17) is 4.74 Å². The molecule has 1 N–H and O–H groups in total. The minimum absolute atomic E-state index is 0.0652. The number of ether oxygens (including phenoxy) is 1. The summed E-state index contributed by atoms with van der Waals surface area (Å²) in [6.07, 6.45) is 6.33. The van der Waals surface area contributed by atoms with Gasteiger partial charge in [0.05, 0.1) is 11.3 Å². The highest BCUT2D eigenvalue weighted by Gasteiger charge is 2.45. The van der Waals surface area contributed by atoms with Gasteiger partial charge in [0.15, 0.2) is 0 Å². The summed E-state index contributed by atoms with van der Waals surface area (Å²) in [7, 11) is 0. The molecule has 1 spiro atoms. The molecule has 6 heteroatoms. The topological polar surface area (TPSA) is 58.9 Å². The summed E-state index contributed by atoms with van der Waals surface area (Å²) in [5.74, 6) is 0.687. The highest BCUT2D eigenvalue weighted by Crippen LogP contribution is 2.39. The summed E-state index contributed by atoms with van der Waals surface area (Å²) in [5.41, 5.74) is 3.88. The van der Waals surface area contributed by atoms with Crippen LogP contribution in [0.4, 0.5) is 0 Å². The number of aromatic nitrogens is 2. The molecule has 29 heavy (non-hydrogen) atoms. The van der Waals surface area contributed by atoms with Crippen molar-refractivity contribution in [3.05, 3.63) is 65.6 Å². The lowest BCUT2D eigenvalue weighted by Crippen LogP contribution is -2.61. The van der Waals surface area contributed by atoms with E-state index >= 15 is 0 Å². The maximum Gasteiger partial charge on any atom is 0.257 e. The summed E-state index contributed by atoms with van der Waals surface area (Å²) >= 11 is 0. The van der Waals surface area contributed by atoms with Crippen LogP contribution in [0.5, 0.6) is 5.75 Å². The fourth-order valence-electron chi connectivity index (χ4n) is 4.50. The van der Waals surface area contributed by atoms with Gasteiger partial charge in [-0.3, -0.25) is 4.79 Å². The van der Waals surface area contributed by atoms with Crippen molar-refractivity contribution in [2.75, 3.05) is 26.2 Å². The number of amides is 1. The second kappa shape index (κ2) is 7.19. The van der Waals surface area contributed by atoms with E-state index in [0.29, 0.717) is 23.3 Å². The van der Waals surface area contributed by atoms with Gasteiger partial charge in [0.25, 0.3) is 5.91 Å². The zero-order valence-corrected chi connectivity index (χ0v) is 16.7. The number of pyridine rings is 1. The molecule has 6 nitrogen and oxygen atoms in total. The third-order valence-corrected chi connectivity index (χ3v) is 6.15. The minimum Gasteiger partial charge on any atom is -0.486 e. The van der Waals surface area contributed by atoms with Crippen LogP contribution in [0.25, 0.3) is 5.65 Å². The van der Waals surface area contributed by atoms with E-state index in [2.05, 4.69) is 17.2 Å². The molecule has 0 radical (unpaired) electrons. The van der Waals surface area contributed by atoms with Crippen LogP contribution < -0.4 is 10.1 Å². The molecule has 2 aliphatic rings. The number of nitrogens with one attached hydrogen (secondary N) is 1. The highest BCUT2D eigenvalue weighted by molar-refractivity contribution is 5.97. The second-order valence-corrected chi connectivity index (χ2v) is 8.40. The van der Waals surface area contributed by atoms with E-state index in [1.54, 1.807) is 0 Å². The molecule has 0 unspecified atom stereocenters. The molecule has 2 fully saturated rings. The molecule has 1 aromatic carbocycles. The molecule has 3 aromatic rings. The van der Waals surface area contributed by atoms with E-state index in [-0.39, 0.29) is 5.91 Å². The standard InChI is InChI=1S/C23H26N4O2/c1-17-6-7-21-25-18(13-26(21)12-17)14-29-20-5-3-2-4-19(20)22(28)27-15-23(16-27)8-10-24-11-9-23/h2-7,12-13,24H,8-11,14-16H2,1H3. The number of aryl methyl sites for hydroxylation is 1. The molecule has 0 saturated carbocycles. The Morgan fingerprint density at radius 2 is 1.93 bits per heavy atom. The summed E-state index contributed by atoms with van der Waals surface area (Å²) in [4.78, 5) is 19.6. The first kappa shape index (κ1) is 18.2. The lowest BCUT2D eigenvalue weighted by Gasteiger charge is -2.52. The molecule has 0 aliphatic carbocycles. The van der Waals surface area contributed by atoms with Crippen molar-refractivity contribution in [2.24, 2.45) is 5.41 Å². The zero-order valence-electron chi connectivity index (χ0n) is 16.7. The quantitative estimate of drug-likeness (QED) is 0.744. The minimum atomic E-state index is 0.0652. The Bertz CT molecular complexity index is 1040. The smallest absolute Gasteiger partial charge is 0.257 e. The summed E-state index contributed by atoms with van der Waals surface area (Å²) in [5, 5.41) is 3.41. The molecule has 150 valence electrons. The van der Waals surface area contributed by atoms with Crippen molar-refractivity contribution in [1.82, 2.24) is 19.6 Å². The summed E-state index contributed by atoms with van der Waals surface area (Å²) in [6, 6.07) is 11.6. The van der Waals surface area contributed by atoms with Gasteiger partial charge in [-0.15, -0.1) is 0 Å². The van der Waals surface area contributed by atoms with Gasteiger partial charge < -0.3 is 19.4 Å². The van der Waals surface area contributed by atoms with Gasteiger partial charge in [0, 0.05) is 30.9 Å². The lowest BCUT2D eigenvalue weighted by molar-refractivity contribution is -0.0116. The maximum absolute atomic E-state index is 13.1. The Balaban J connectivity index is 1.28. The molecule has 0 bridgehead atoms. The van der Waals surface area contributed by atoms with Gasteiger partial charge in [0.1, 0.15) is 18.0 Å². The molecule has 2 aromatic heterocycles. The van der Waals surface area contributed by atoms with Gasteiger partial charge in [-0.2, -0.15) is 0 Å². The van der Waals surface area contributed by atoms with Gasteiger partial charge in [0.2, 0.25) is 0 Å². The monoisotopic (exact) mass is 390 g/mol. The number of carbonyl (C=O) groups excluding carboxylic acids is 1. The Labute approximate surface area is 170 Å². The second-order valence-electron chi connectivity index (χ2n) is 8.40. The Hall–Kier alpha value is -2.86. The van der Waals surface area contributed by atoms with E-state index < -0.39 is 0 Å². The van der Waals surface area contributed by atoms with Gasteiger partial charge >= 0.3 is 0 Å². The summed E-state index contributed by atoms with van der Waals surface area (Å²) < 4.78 is 8.03. The zero-order chi connectivity index (χ0) is 19.8. The van der Waals surface area contributed by atoms with Crippen molar-refractivity contribution in [3.63, 3.8) is 0 Å². The highest BCUT2D eigenvalue weighted by atomic mass is 16.5. The summed E-state index contributed by atoms with van der Waals surface area (Å²) in [6.45, 7) is 6.21. The van der Waals surface area contributed by atoms with Crippen molar-refractivity contribution in [1.29, 1.82) is 0 Å². The van der Waals surface area contributed by atoms with E-state index in [1.807, 2.05) is 58.1 Å². The Morgan fingerprint density at radius 1 is 1.14 bits per heavy atom. The first-order valence-electron chi connectivity index (χ1n) is 10.3. The fraction of sp³-hybridized carbons (Fsp3) is 0.391. The van der Waals surface area contributed by atoms with E-state index in [1.165, 1.54) is 5.56 Å². The average Bonchev–Trinajstić information content (AvgIpc) is 3.12. The third-order valence-electron chi connectivity index (χ3n) is 6.15. The number of piperidine rings is 1.